The molecule has 4 rings (SSSR count). The third-order valence-electron chi connectivity index (χ3n) is 6.23. The molecule has 2 heterocycles. The number of ether oxygens (including phenoxy) is 1. The third kappa shape index (κ3) is 5.32. The van der Waals surface area contributed by atoms with Crippen molar-refractivity contribution in [3.8, 4) is 5.75 Å². The molecule has 0 aromatic heterocycles. The molecule has 0 aliphatic carbocycles. The predicted octanol–water partition coefficient (Wildman–Crippen LogP) is -0.713. The van der Waals surface area contributed by atoms with Crippen LogP contribution in [0.1, 0.15) is 16.7 Å². The molecule has 0 spiro atoms. The fourth-order valence-electron chi connectivity index (χ4n) is 4.35. The maximum atomic E-state index is 12.4. The molecule has 2 aliphatic rings. The van der Waals surface area contributed by atoms with E-state index in [1.54, 1.807) is 4.90 Å². The molecule has 0 atom stereocenters. The van der Waals surface area contributed by atoms with E-state index < -0.39 is 0 Å². The van der Waals surface area contributed by atoms with Crippen LogP contribution in [-0.2, 0) is 24.3 Å². The molecule has 1 fully saturated rings. The maximum Gasteiger partial charge on any atom is 0.275 e. The first kappa shape index (κ1) is 20.7. The van der Waals surface area contributed by atoms with Crippen LogP contribution < -0.4 is 24.8 Å². The van der Waals surface area contributed by atoms with Gasteiger partial charge in [-0.25, -0.2) is 0 Å². The number of nitrogens with zero attached hydrogens (tertiary/aromatic N) is 1. The van der Waals surface area contributed by atoms with Crippen molar-refractivity contribution in [1.29, 1.82) is 0 Å². The number of quaternary nitrogens is 2. The monoisotopic (exact) mass is 410 g/mol. The van der Waals surface area contributed by atoms with E-state index >= 15 is 0 Å². The number of hydrogen-bond donors (Lipinski definition) is 3. The van der Waals surface area contributed by atoms with Gasteiger partial charge >= 0.3 is 0 Å². The average Bonchev–Trinajstić information content (AvgIpc) is 3.22. The summed E-state index contributed by atoms with van der Waals surface area (Å²) in [6.07, 6.45) is 1.03. The Morgan fingerprint density at radius 2 is 1.70 bits per heavy atom. The number of piperazine rings is 1. The van der Waals surface area contributed by atoms with Crippen LogP contribution in [0, 0.1) is 0 Å². The predicted molar refractivity (Wildman–Crippen MR) is 118 cm³/mol. The molecule has 2 aromatic rings. The Balaban J connectivity index is 1.17. The van der Waals surface area contributed by atoms with Crippen LogP contribution >= 0.6 is 0 Å². The summed E-state index contributed by atoms with van der Waals surface area (Å²) in [5.41, 5.74) is 5.06. The van der Waals surface area contributed by atoms with Crippen LogP contribution in [0.2, 0.25) is 0 Å². The summed E-state index contributed by atoms with van der Waals surface area (Å²) in [4.78, 5) is 17.5. The summed E-state index contributed by atoms with van der Waals surface area (Å²) in [7, 11) is 4.06. The second-order valence-electron chi connectivity index (χ2n) is 8.73. The second kappa shape index (κ2) is 9.49. The normalized spacial score (nSPS) is 20.3. The van der Waals surface area contributed by atoms with Gasteiger partial charge in [-0.2, -0.15) is 0 Å². The van der Waals surface area contributed by atoms with Gasteiger partial charge in [0.15, 0.2) is 6.54 Å². The lowest BCUT2D eigenvalue weighted by molar-refractivity contribution is -1.02. The van der Waals surface area contributed by atoms with Crippen molar-refractivity contribution in [2.24, 2.45) is 0 Å². The van der Waals surface area contributed by atoms with Gasteiger partial charge in [0.2, 0.25) is 0 Å². The van der Waals surface area contributed by atoms with Crippen LogP contribution in [-0.4, -0.2) is 59.3 Å². The molecule has 2 aliphatic heterocycles. The van der Waals surface area contributed by atoms with E-state index in [1.165, 1.54) is 21.7 Å². The highest BCUT2D eigenvalue weighted by molar-refractivity contribution is 5.76. The molecule has 30 heavy (non-hydrogen) atoms. The minimum absolute atomic E-state index is 0.142. The summed E-state index contributed by atoms with van der Waals surface area (Å²) >= 11 is 0. The molecular weight excluding hydrogens is 376 g/mol. The number of carbonyl (C=O) groups excluding carboxylic acids is 1. The Morgan fingerprint density at radius 3 is 2.43 bits per heavy atom. The van der Waals surface area contributed by atoms with Crippen molar-refractivity contribution in [3.63, 3.8) is 0 Å². The zero-order valence-electron chi connectivity index (χ0n) is 18.2. The van der Waals surface area contributed by atoms with E-state index in [9.17, 15) is 4.79 Å². The van der Waals surface area contributed by atoms with Crippen LogP contribution in [0.5, 0.6) is 5.75 Å². The lowest BCUT2D eigenvalue weighted by Gasteiger charge is -2.29. The molecule has 1 saturated heterocycles. The zero-order chi connectivity index (χ0) is 20.9. The molecule has 0 unspecified atom stereocenters. The van der Waals surface area contributed by atoms with Crippen molar-refractivity contribution in [2.45, 2.75) is 19.5 Å². The van der Waals surface area contributed by atoms with Gasteiger partial charge in [0.25, 0.3) is 5.91 Å². The van der Waals surface area contributed by atoms with Gasteiger partial charge in [-0.3, -0.25) is 4.79 Å². The van der Waals surface area contributed by atoms with E-state index in [0.717, 1.165) is 57.1 Å². The molecular formula is C24H34N4O2+2. The maximum absolute atomic E-state index is 12.4. The molecule has 160 valence electrons. The van der Waals surface area contributed by atoms with E-state index in [2.05, 4.69) is 52.7 Å². The Kier molecular flexibility index (Phi) is 6.55. The molecule has 1 amide bonds. The highest BCUT2D eigenvalue weighted by Gasteiger charge is 2.25. The molecule has 0 radical (unpaired) electrons. The Hall–Kier alpha value is -2.57. The van der Waals surface area contributed by atoms with Crippen LogP contribution in [0.3, 0.4) is 0 Å². The number of anilines is 1. The standard InChI is InChI=1S/C24H32N4O2/c1-26(2)22-6-3-19(4-7-22)16-25-24(29)18-28-12-10-27(11-13-28)17-20-5-8-23-21(15-20)9-14-30-23/h3-8,15H,9-14,16-18H2,1-2H3,(H,25,29)/p+2. The summed E-state index contributed by atoms with van der Waals surface area (Å²) in [6, 6.07) is 15.0. The summed E-state index contributed by atoms with van der Waals surface area (Å²) in [5.74, 6) is 1.20. The topological polar surface area (TPSA) is 50.5 Å². The second-order valence-corrected chi connectivity index (χ2v) is 8.73. The zero-order valence-corrected chi connectivity index (χ0v) is 18.2. The van der Waals surface area contributed by atoms with E-state index in [1.807, 2.05) is 14.1 Å². The highest BCUT2D eigenvalue weighted by atomic mass is 16.5. The quantitative estimate of drug-likeness (QED) is 0.565. The molecule has 3 N–H and O–H groups in total. The van der Waals surface area contributed by atoms with Gasteiger partial charge in [0, 0.05) is 38.3 Å². The Labute approximate surface area is 179 Å². The SMILES string of the molecule is CN(C)c1ccc(CNC(=O)C[NH+]2CC[NH+](Cc3ccc4c(c3)CCO4)CC2)cc1. The van der Waals surface area contributed by atoms with Crippen LogP contribution in [0.4, 0.5) is 5.69 Å². The van der Waals surface area contributed by atoms with Crippen LogP contribution in [0.15, 0.2) is 42.5 Å². The number of nitrogens with one attached hydrogen (secondary N) is 3. The smallest absolute Gasteiger partial charge is 0.275 e. The van der Waals surface area contributed by atoms with Gasteiger partial charge in [-0.1, -0.05) is 12.1 Å². The van der Waals surface area contributed by atoms with Crippen molar-refractivity contribution in [3.05, 3.63) is 59.2 Å². The van der Waals surface area contributed by atoms with Gasteiger partial charge in [-0.05, 0) is 41.5 Å². The first-order valence-electron chi connectivity index (χ1n) is 11.0. The van der Waals surface area contributed by atoms with Crippen molar-refractivity contribution >= 4 is 11.6 Å². The lowest BCUT2D eigenvalue weighted by atomic mass is 10.1. The number of hydrogen-bond acceptors (Lipinski definition) is 3. The lowest BCUT2D eigenvalue weighted by Crippen LogP contribution is -3.28. The number of fused-ring (bicyclic) bond motifs is 1. The van der Waals surface area contributed by atoms with Gasteiger partial charge < -0.3 is 24.8 Å². The minimum Gasteiger partial charge on any atom is -0.493 e. The van der Waals surface area contributed by atoms with Gasteiger partial charge in [0.1, 0.15) is 38.5 Å². The molecule has 6 heteroatoms. The first-order chi connectivity index (χ1) is 14.6. The average molecular weight is 411 g/mol. The van der Waals surface area contributed by atoms with E-state index in [0.29, 0.717) is 13.1 Å². The number of rotatable bonds is 7. The van der Waals surface area contributed by atoms with Gasteiger partial charge in [0.05, 0.1) is 6.61 Å². The minimum atomic E-state index is 0.142. The van der Waals surface area contributed by atoms with Gasteiger partial charge in [-0.15, -0.1) is 0 Å². The van der Waals surface area contributed by atoms with E-state index in [-0.39, 0.29) is 5.91 Å². The van der Waals surface area contributed by atoms with Crippen LogP contribution in [0.25, 0.3) is 0 Å². The number of carbonyl (C=O) groups is 1. The molecule has 0 saturated carbocycles. The first-order valence-corrected chi connectivity index (χ1v) is 11.0. The molecule has 2 aromatic carbocycles. The fraction of sp³-hybridized carbons (Fsp3) is 0.458. The van der Waals surface area contributed by atoms with Crippen molar-refractivity contribution < 1.29 is 19.3 Å². The van der Waals surface area contributed by atoms with Crippen molar-refractivity contribution in [1.82, 2.24) is 5.32 Å². The van der Waals surface area contributed by atoms with E-state index in [4.69, 9.17) is 4.74 Å². The van der Waals surface area contributed by atoms with Crippen molar-refractivity contribution in [2.75, 3.05) is 58.3 Å². The largest absolute Gasteiger partial charge is 0.493 e. The summed E-state index contributed by atoms with van der Waals surface area (Å²) in [5, 5.41) is 3.08. The summed E-state index contributed by atoms with van der Waals surface area (Å²) in [6.45, 7) is 7.37. The molecule has 0 bridgehead atoms. The number of amides is 1. The fourth-order valence-corrected chi connectivity index (χ4v) is 4.35. The Bertz CT molecular complexity index is 858. The third-order valence-corrected chi connectivity index (χ3v) is 6.23. The number of benzene rings is 2. The Morgan fingerprint density at radius 1 is 1.00 bits per heavy atom. The molecule has 6 nitrogen and oxygen atoms in total. The highest BCUT2D eigenvalue weighted by Crippen LogP contribution is 2.25. The summed E-state index contributed by atoms with van der Waals surface area (Å²) < 4.78 is 5.61.